The molecule has 1 rings (SSSR count). The number of hydrogen-bond acceptors (Lipinski definition) is 3. The molecule has 0 bridgehead atoms. The predicted octanol–water partition coefficient (Wildman–Crippen LogP) is 2.13. The van der Waals surface area contributed by atoms with Crippen LogP contribution in [0, 0.1) is 0 Å². The molecule has 1 aromatic rings. The third kappa shape index (κ3) is 2.65. The molecule has 0 heterocycles. The number of aromatic hydroxyl groups is 1. The van der Waals surface area contributed by atoms with Gasteiger partial charge < -0.3 is 14.9 Å². The summed E-state index contributed by atoms with van der Waals surface area (Å²) in [6.45, 7) is 4.00. The molecule has 4 nitrogen and oxygen atoms in total. The summed E-state index contributed by atoms with van der Waals surface area (Å²) in [7, 11) is 1.31. The molecule has 0 fully saturated rings. The first kappa shape index (κ1) is 12.3. The molecule has 1 aromatic carbocycles. The predicted molar refractivity (Wildman–Crippen MR) is 53.0 cm³/mol. The van der Waals surface area contributed by atoms with Crippen LogP contribution in [0.2, 0.25) is 0 Å². The van der Waals surface area contributed by atoms with E-state index in [4.69, 9.17) is 14.9 Å². The molecule has 0 radical (unpaired) electrons. The molecule has 0 atom stereocenters. The Labute approximate surface area is 82.8 Å². The Morgan fingerprint density at radius 1 is 1.36 bits per heavy atom. The van der Waals surface area contributed by atoms with Gasteiger partial charge in [0, 0.05) is 0 Å². The normalized spacial score (nSPS) is 8.50. The van der Waals surface area contributed by atoms with Gasteiger partial charge in [0.25, 0.3) is 0 Å². The zero-order valence-corrected chi connectivity index (χ0v) is 8.44. The molecule has 78 valence electrons. The van der Waals surface area contributed by atoms with Gasteiger partial charge in [-0.3, -0.25) is 0 Å². The number of carbonyl (C=O) groups is 1. The van der Waals surface area contributed by atoms with Crippen LogP contribution >= 0.6 is 0 Å². The lowest BCUT2D eigenvalue weighted by atomic mass is 10.2. The summed E-state index contributed by atoms with van der Waals surface area (Å²) in [5.41, 5.74) is -0.0440. The van der Waals surface area contributed by atoms with Crippen LogP contribution in [-0.4, -0.2) is 23.3 Å². The Bertz CT molecular complexity index is 307. The van der Waals surface area contributed by atoms with Crippen LogP contribution in [-0.2, 0) is 0 Å². The third-order valence-corrected chi connectivity index (χ3v) is 1.43. The van der Waals surface area contributed by atoms with E-state index in [0.29, 0.717) is 0 Å². The van der Waals surface area contributed by atoms with E-state index in [1.807, 2.05) is 13.8 Å². The molecule has 0 aromatic heterocycles. The topological polar surface area (TPSA) is 66.8 Å². The average molecular weight is 198 g/mol. The molecule has 0 spiro atoms. The van der Waals surface area contributed by atoms with Crippen molar-refractivity contribution in [2.24, 2.45) is 0 Å². The Balaban J connectivity index is 0.000000791. The van der Waals surface area contributed by atoms with E-state index in [1.54, 1.807) is 0 Å². The number of aromatic carboxylic acids is 1. The third-order valence-electron chi connectivity index (χ3n) is 1.43. The minimum Gasteiger partial charge on any atom is -0.504 e. The van der Waals surface area contributed by atoms with Gasteiger partial charge in [0.1, 0.15) is 5.56 Å². The number of methoxy groups -OCH3 is 1. The highest BCUT2D eigenvalue weighted by Crippen LogP contribution is 2.29. The molecule has 0 saturated carbocycles. The Kier molecular flexibility index (Phi) is 5.14. The minimum absolute atomic E-state index is 0.00926. The van der Waals surface area contributed by atoms with Crippen molar-refractivity contribution in [3.63, 3.8) is 0 Å². The first-order valence-corrected chi connectivity index (χ1v) is 4.26. The van der Waals surface area contributed by atoms with Gasteiger partial charge in [0.15, 0.2) is 11.5 Å². The summed E-state index contributed by atoms with van der Waals surface area (Å²) in [6.07, 6.45) is 0. The number of benzene rings is 1. The van der Waals surface area contributed by atoms with Crippen molar-refractivity contribution in [1.29, 1.82) is 0 Å². The van der Waals surface area contributed by atoms with Crippen LogP contribution in [0.15, 0.2) is 18.2 Å². The molecule has 4 heteroatoms. The van der Waals surface area contributed by atoms with Crippen molar-refractivity contribution in [2.75, 3.05) is 7.11 Å². The number of para-hydroxylation sites is 1. The van der Waals surface area contributed by atoms with E-state index in [-0.39, 0.29) is 17.1 Å². The number of rotatable bonds is 2. The number of carboxylic acid groups (broad SMARTS) is 1. The highest BCUT2D eigenvalue weighted by Gasteiger charge is 2.13. The van der Waals surface area contributed by atoms with E-state index < -0.39 is 5.97 Å². The minimum atomic E-state index is -1.12. The first-order chi connectivity index (χ1) is 6.66. The van der Waals surface area contributed by atoms with Crippen LogP contribution in [0.3, 0.4) is 0 Å². The van der Waals surface area contributed by atoms with Gasteiger partial charge in [-0.2, -0.15) is 0 Å². The molecule has 0 saturated heterocycles. The van der Waals surface area contributed by atoms with Crippen molar-refractivity contribution in [3.05, 3.63) is 23.8 Å². The molecule has 0 aliphatic carbocycles. The quantitative estimate of drug-likeness (QED) is 0.763. The van der Waals surface area contributed by atoms with Crippen LogP contribution in [0.5, 0.6) is 11.5 Å². The Morgan fingerprint density at radius 3 is 2.29 bits per heavy atom. The second-order valence-electron chi connectivity index (χ2n) is 2.16. The maximum atomic E-state index is 10.5. The lowest BCUT2D eigenvalue weighted by molar-refractivity contribution is 0.0692. The molecule has 0 aliphatic rings. The van der Waals surface area contributed by atoms with Crippen molar-refractivity contribution in [1.82, 2.24) is 0 Å². The smallest absolute Gasteiger partial charge is 0.339 e. The fourth-order valence-electron chi connectivity index (χ4n) is 0.908. The molecular formula is C10H14O4. The van der Waals surface area contributed by atoms with Crippen molar-refractivity contribution in [3.8, 4) is 11.5 Å². The average Bonchev–Trinajstić information content (AvgIpc) is 2.20. The summed E-state index contributed by atoms with van der Waals surface area (Å²) >= 11 is 0. The van der Waals surface area contributed by atoms with Gasteiger partial charge in [-0.05, 0) is 12.1 Å². The summed E-state index contributed by atoms with van der Waals surface area (Å²) in [6, 6.07) is 4.17. The standard InChI is InChI=1S/C8H8O4.C2H6/c1-12-7-5(8(10)11)3-2-4-6(7)9;1-2/h2-4,9H,1H3,(H,10,11);1-2H3. The summed E-state index contributed by atoms with van der Waals surface area (Å²) in [5.74, 6) is -1.30. The second kappa shape index (κ2) is 5.85. The Morgan fingerprint density at radius 2 is 1.93 bits per heavy atom. The SMILES string of the molecule is CC.COc1c(O)cccc1C(=O)O. The number of hydrogen-bond donors (Lipinski definition) is 2. The molecule has 0 aliphatic heterocycles. The molecule has 0 unspecified atom stereocenters. The van der Waals surface area contributed by atoms with Gasteiger partial charge >= 0.3 is 5.97 Å². The van der Waals surface area contributed by atoms with E-state index in [1.165, 1.54) is 25.3 Å². The number of phenolic OH excluding ortho intramolecular Hbond substituents is 1. The van der Waals surface area contributed by atoms with Crippen LogP contribution in [0.4, 0.5) is 0 Å². The lowest BCUT2D eigenvalue weighted by Crippen LogP contribution is -1.99. The maximum absolute atomic E-state index is 10.5. The van der Waals surface area contributed by atoms with Gasteiger partial charge in [-0.1, -0.05) is 19.9 Å². The van der Waals surface area contributed by atoms with Gasteiger partial charge in [-0.25, -0.2) is 4.79 Å². The van der Waals surface area contributed by atoms with E-state index in [2.05, 4.69) is 0 Å². The fourth-order valence-corrected chi connectivity index (χ4v) is 0.908. The molecule has 0 amide bonds. The number of ether oxygens (including phenoxy) is 1. The largest absolute Gasteiger partial charge is 0.504 e. The van der Waals surface area contributed by atoms with E-state index >= 15 is 0 Å². The highest BCUT2D eigenvalue weighted by molar-refractivity contribution is 5.91. The molecule has 14 heavy (non-hydrogen) atoms. The first-order valence-electron chi connectivity index (χ1n) is 4.26. The van der Waals surface area contributed by atoms with Gasteiger partial charge in [0.05, 0.1) is 7.11 Å². The molecule has 2 N–H and O–H groups in total. The lowest BCUT2D eigenvalue weighted by Gasteiger charge is -2.05. The number of phenols is 1. The number of carboxylic acids is 1. The summed E-state index contributed by atoms with van der Waals surface area (Å²) < 4.78 is 4.71. The second-order valence-corrected chi connectivity index (χ2v) is 2.16. The van der Waals surface area contributed by atoms with Crippen LogP contribution < -0.4 is 4.74 Å². The van der Waals surface area contributed by atoms with Crippen molar-refractivity contribution < 1.29 is 19.7 Å². The zero-order chi connectivity index (χ0) is 11.1. The van der Waals surface area contributed by atoms with Crippen molar-refractivity contribution in [2.45, 2.75) is 13.8 Å². The van der Waals surface area contributed by atoms with Gasteiger partial charge in [-0.15, -0.1) is 0 Å². The summed E-state index contributed by atoms with van der Waals surface area (Å²) in [4.78, 5) is 10.5. The van der Waals surface area contributed by atoms with Crippen LogP contribution in [0.25, 0.3) is 0 Å². The van der Waals surface area contributed by atoms with Crippen molar-refractivity contribution >= 4 is 5.97 Å². The highest BCUT2D eigenvalue weighted by atomic mass is 16.5. The van der Waals surface area contributed by atoms with E-state index in [0.717, 1.165) is 0 Å². The fraction of sp³-hybridized carbons (Fsp3) is 0.300. The van der Waals surface area contributed by atoms with Crippen LogP contribution in [0.1, 0.15) is 24.2 Å². The summed E-state index contributed by atoms with van der Waals surface area (Å²) in [5, 5.41) is 17.8. The maximum Gasteiger partial charge on any atom is 0.339 e. The van der Waals surface area contributed by atoms with E-state index in [9.17, 15) is 4.79 Å². The zero-order valence-electron chi connectivity index (χ0n) is 8.44. The monoisotopic (exact) mass is 198 g/mol. The van der Waals surface area contributed by atoms with Gasteiger partial charge in [0.2, 0.25) is 0 Å². The Hall–Kier alpha value is -1.71. The molecular weight excluding hydrogens is 184 g/mol.